The standard InChI is InChI=1S/C24H19BrN6O/c1-16-5-7-18(8-6-16)22-9-10-26-23-21(13-28-31(22)23)24(32)29-20-4-2-3-17(11-20)14-30-15-19(25)12-27-30/h2-13,15H,14H2,1H3,(H,29,32). The molecule has 0 saturated carbocycles. The second kappa shape index (κ2) is 8.39. The van der Waals surface area contributed by atoms with Crippen LogP contribution in [0.3, 0.4) is 0 Å². The van der Waals surface area contributed by atoms with E-state index in [1.54, 1.807) is 23.1 Å². The number of hydrogen-bond donors (Lipinski definition) is 1. The summed E-state index contributed by atoms with van der Waals surface area (Å²) in [6.45, 7) is 2.65. The second-order valence-electron chi connectivity index (χ2n) is 7.50. The van der Waals surface area contributed by atoms with Gasteiger partial charge in [0.05, 0.1) is 29.1 Å². The minimum absolute atomic E-state index is 0.257. The molecule has 8 heteroatoms. The number of anilines is 1. The molecule has 0 bridgehead atoms. The zero-order valence-electron chi connectivity index (χ0n) is 17.2. The molecule has 158 valence electrons. The molecule has 0 unspecified atom stereocenters. The number of rotatable bonds is 5. The van der Waals surface area contributed by atoms with E-state index in [9.17, 15) is 4.79 Å². The predicted molar refractivity (Wildman–Crippen MR) is 127 cm³/mol. The van der Waals surface area contributed by atoms with Gasteiger partial charge in [-0.05, 0) is 46.6 Å². The fourth-order valence-electron chi connectivity index (χ4n) is 3.55. The smallest absolute Gasteiger partial charge is 0.261 e. The Morgan fingerprint density at radius 3 is 2.69 bits per heavy atom. The Morgan fingerprint density at radius 2 is 1.91 bits per heavy atom. The first-order valence-corrected chi connectivity index (χ1v) is 10.8. The van der Waals surface area contributed by atoms with E-state index in [1.165, 1.54) is 5.56 Å². The van der Waals surface area contributed by atoms with Crippen LogP contribution in [-0.2, 0) is 6.54 Å². The van der Waals surface area contributed by atoms with Crippen molar-refractivity contribution in [2.24, 2.45) is 0 Å². The SMILES string of the molecule is Cc1ccc(-c2ccnc3c(C(=O)Nc4cccc(Cn5cc(Br)cn5)c4)cnn23)cc1. The molecule has 7 nitrogen and oxygen atoms in total. The molecule has 0 aliphatic carbocycles. The van der Waals surface area contributed by atoms with Crippen molar-refractivity contribution in [3.05, 3.63) is 101 Å². The maximum atomic E-state index is 13.0. The molecule has 5 aromatic rings. The second-order valence-corrected chi connectivity index (χ2v) is 8.42. The van der Waals surface area contributed by atoms with Crippen molar-refractivity contribution in [3.63, 3.8) is 0 Å². The topological polar surface area (TPSA) is 77.1 Å². The molecule has 32 heavy (non-hydrogen) atoms. The van der Waals surface area contributed by atoms with Crippen LogP contribution in [0.15, 0.2) is 83.9 Å². The highest BCUT2D eigenvalue weighted by Gasteiger charge is 2.16. The van der Waals surface area contributed by atoms with E-state index in [-0.39, 0.29) is 5.91 Å². The molecular formula is C24H19BrN6O. The van der Waals surface area contributed by atoms with Gasteiger partial charge in [0.25, 0.3) is 5.91 Å². The third-order valence-corrected chi connectivity index (χ3v) is 5.53. The molecular weight excluding hydrogens is 468 g/mol. The lowest BCUT2D eigenvalue weighted by molar-refractivity contribution is 0.102. The molecule has 3 aromatic heterocycles. The summed E-state index contributed by atoms with van der Waals surface area (Å²) in [6, 6.07) is 17.8. The lowest BCUT2D eigenvalue weighted by atomic mass is 10.1. The van der Waals surface area contributed by atoms with E-state index in [2.05, 4.69) is 36.4 Å². The fraction of sp³-hybridized carbons (Fsp3) is 0.0833. The van der Waals surface area contributed by atoms with Gasteiger partial charge in [-0.2, -0.15) is 10.2 Å². The maximum Gasteiger partial charge on any atom is 0.261 e. The minimum Gasteiger partial charge on any atom is -0.322 e. The van der Waals surface area contributed by atoms with Crippen molar-refractivity contribution in [2.75, 3.05) is 5.32 Å². The van der Waals surface area contributed by atoms with Crippen LogP contribution in [0.4, 0.5) is 5.69 Å². The first kappa shape index (κ1) is 20.1. The summed E-state index contributed by atoms with van der Waals surface area (Å²) in [5.74, 6) is -0.257. The van der Waals surface area contributed by atoms with Crippen LogP contribution in [0.1, 0.15) is 21.5 Å². The highest BCUT2D eigenvalue weighted by Crippen LogP contribution is 2.22. The number of nitrogens with zero attached hydrogens (tertiary/aromatic N) is 5. The van der Waals surface area contributed by atoms with Crippen LogP contribution in [0.5, 0.6) is 0 Å². The highest BCUT2D eigenvalue weighted by atomic mass is 79.9. The summed E-state index contributed by atoms with van der Waals surface area (Å²) < 4.78 is 4.45. The number of benzene rings is 2. The lowest BCUT2D eigenvalue weighted by Gasteiger charge is -2.08. The first-order chi connectivity index (χ1) is 15.6. The normalized spacial score (nSPS) is 11.1. The first-order valence-electron chi connectivity index (χ1n) is 10.0. The van der Waals surface area contributed by atoms with Gasteiger partial charge in [-0.3, -0.25) is 9.48 Å². The summed E-state index contributed by atoms with van der Waals surface area (Å²) >= 11 is 3.40. The molecule has 0 aliphatic rings. The Labute approximate surface area is 192 Å². The summed E-state index contributed by atoms with van der Waals surface area (Å²) in [4.78, 5) is 17.4. The van der Waals surface area contributed by atoms with E-state index in [0.717, 1.165) is 21.3 Å². The van der Waals surface area contributed by atoms with Crippen LogP contribution in [0.2, 0.25) is 0 Å². The van der Waals surface area contributed by atoms with Crippen LogP contribution in [0.25, 0.3) is 16.9 Å². The van der Waals surface area contributed by atoms with Crippen LogP contribution >= 0.6 is 15.9 Å². The van der Waals surface area contributed by atoms with E-state index in [4.69, 9.17) is 0 Å². The van der Waals surface area contributed by atoms with Crippen LogP contribution in [0, 0.1) is 6.92 Å². The largest absolute Gasteiger partial charge is 0.322 e. The molecule has 0 fully saturated rings. The van der Waals surface area contributed by atoms with Gasteiger partial charge in [0, 0.05) is 23.6 Å². The average molecular weight is 487 g/mol. The molecule has 1 N–H and O–H groups in total. The van der Waals surface area contributed by atoms with Crippen molar-refractivity contribution in [3.8, 4) is 11.3 Å². The van der Waals surface area contributed by atoms with E-state index in [0.29, 0.717) is 23.4 Å². The molecule has 0 radical (unpaired) electrons. The number of carbonyl (C=O) groups excluding carboxylic acids is 1. The van der Waals surface area contributed by atoms with Crippen molar-refractivity contribution in [1.29, 1.82) is 0 Å². The van der Waals surface area contributed by atoms with E-state index < -0.39 is 0 Å². The molecule has 5 rings (SSSR count). The monoisotopic (exact) mass is 486 g/mol. The Kier molecular flexibility index (Phi) is 5.28. The van der Waals surface area contributed by atoms with Gasteiger partial charge in [0.15, 0.2) is 5.65 Å². The molecule has 0 atom stereocenters. The molecule has 3 heterocycles. The predicted octanol–water partition coefficient (Wildman–Crippen LogP) is 4.96. The number of halogens is 1. The lowest BCUT2D eigenvalue weighted by Crippen LogP contribution is -2.12. The van der Waals surface area contributed by atoms with E-state index >= 15 is 0 Å². The Balaban J connectivity index is 1.40. The molecule has 0 aliphatic heterocycles. The van der Waals surface area contributed by atoms with Gasteiger partial charge < -0.3 is 5.32 Å². The van der Waals surface area contributed by atoms with Crippen molar-refractivity contribution >= 4 is 33.2 Å². The van der Waals surface area contributed by atoms with Gasteiger partial charge in [0.2, 0.25) is 0 Å². The van der Waals surface area contributed by atoms with Crippen molar-refractivity contribution in [2.45, 2.75) is 13.5 Å². The third-order valence-electron chi connectivity index (χ3n) is 5.12. The van der Waals surface area contributed by atoms with Crippen LogP contribution in [-0.4, -0.2) is 30.3 Å². The molecule has 0 saturated heterocycles. The minimum atomic E-state index is -0.257. The number of amides is 1. The summed E-state index contributed by atoms with van der Waals surface area (Å²) in [5.41, 5.74) is 5.73. The number of aromatic nitrogens is 5. The summed E-state index contributed by atoms with van der Waals surface area (Å²) in [6.07, 6.45) is 6.91. The van der Waals surface area contributed by atoms with E-state index in [1.807, 2.05) is 72.4 Å². The van der Waals surface area contributed by atoms with Gasteiger partial charge in [0.1, 0.15) is 5.56 Å². The Morgan fingerprint density at radius 1 is 1.06 bits per heavy atom. The number of carbonyl (C=O) groups is 1. The quantitative estimate of drug-likeness (QED) is 0.380. The zero-order chi connectivity index (χ0) is 22.1. The number of hydrogen-bond acceptors (Lipinski definition) is 4. The van der Waals surface area contributed by atoms with Gasteiger partial charge in [-0.15, -0.1) is 0 Å². The van der Waals surface area contributed by atoms with Gasteiger partial charge >= 0.3 is 0 Å². The highest BCUT2D eigenvalue weighted by molar-refractivity contribution is 9.10. The fourth-order valence-corrected chi connectivity index (χ4v) is 3.88. The maximum absolute atomic E-state index is 13.0. The van der Waals surface area contributed by atoms with Crippen LogP contribution < -0.4 is 5.32 Å². The Bertz CT molecular complexity index is 1420. The molecule has 1 amide bonds. The number of aryl methyl sites for hydroxylation is 1. The third kappa shape index (κ3) is 4.04. The molecule has 0 spiro atoms. The van der Waals surface area contributed by atoms with Gasteiger partial charge in [-0.25, -0.2) is 9.50 Å². The van der Waals surface area contributed by atoms with Crippen molar-refractivity contribution < 1.29 is 4.79 Å². The average Bonchev–Trinajstić information content (AvgIpc) is 3.40. The van der Waals surface area contributed by atoms with Gasteiger partial charge in [-0.1, -0.05) is 42.0 Å². The zero-order valence-corrected chi connectivity index (χ0v) is 18.8. The molecule has 2 aromatic carbocycles. The summed E-state index contributed by atoms with van der Waals surface area (Å²) in [5, 5.41) is 11.7. The number of fused-ring (bicyclic) bond motifs is 1. The number of nitrogens with one attached hydrogen (secondary N) is 1. The Hall–Kier alpha value is -3.78. The summed E-state index contributed by atoms with van der Waals surface area (Å²) in [7, 11) is 0. The van der Waals surface area contributed by atoms with Crippen molar-refractivity contribution in [1.82, 2.24) is 24.4 Å².